The van der Waals surface area contributed by atoms with Crippen molar-refractivity contribution in [1.29, 1.82) is 0 Å². The zero-order valence-corrected chi connectivity index (χ0v) is 13.3. The van der Waals surface area contributed by atoms with Crippen LogP contribution in [0, 0.1) is 6.92 Å². The predicted molar refractivity (Wildman–Crippen MR) is 88.5 cm³/mol. The zero-order chi connectivity index (χ0) is 15.6. The second-order valence-electron chi connectivity index (χ2n) is 6.05. The molecule has 0 aromatic carbocycles. The van der Waals surface area contributed by atoms with Gasteiger partial charge in [-0.2, -0.15) is 5.10 Å². The second-order valence-corrected chi connectivity index (χ2v) is 6.05. The SMILES string of the molecule is Cc1cc2c(NCC(c3ccco3)N3CCCC3)nccn2n1. The van der Waals surface area contributed by atoms with Crippen LogP contribution < -0.4 is 5.32 Å². The number of hydrogen-bond donors (Lipinski definition) is 1. The Bertz CT molecular complexity index is 773. The van der Waals surface area contributed by atoms with Crippen LogP contribution in [-0.4, -0.2) is 39.1 Å². The van der Waals surface area contributed by atoms with Crippen molar-refractivity contribution in [3.8, 4) is 0 Å². The summed E-state index contributed by atoms with van der Waals surface area (Å²) in [6, 6.07) is 6.30. The molecule has 6 heteroatoms. The molecule has 120 valence electrons. The van der Waals surface area contributed by atoms with E-state index in [-0.39, 0.29) is 6.04 Å². The maximum absolute atomic E-state index is 5.67. The molecule has 1 fully saturated rings. The number of aromatic nitrogens is 3. The Kier molecular flexibility index (Phi) is 3.75. The van der Waals surface area contributed by atoms with Crippen LogP contribution in [0.2, 0.25) is 0 Å². The molecule has 1 aliphatic rings. The highest BCUT2D eigenvalue weighted by molar-refractivity contribution is 5.67. The highest BCUT2D eigenvalue weighted by atomic mass is 16.3. The number of rotatable bonds is 5. The third-order valence-electron chi connectivity index (χ3n) is 4.43. The first-order valence-electron chi connectivity index (χ1n) is 8.13. The fourth-order valence-corrected chi connectivity index (χ4v) is 3.32. The Morgan fingerprint density at radius 2 is 2.22 bits per heavy atom. The van der Waals surface area contributed by atoms with Gasteiger partial charge in [0.1, 0.15) is 11.3 Å². The summed E-state index contributed by atoms with van der Waals surface area (Å²) in [6.07, 6.45) is 7.91. The van der Waals surface area contributed by atoms with Crippen LogP contribution in [0.3, 0.4) is 0 Å². The van der Waals surface area contributed by atoms with Gasteiger partial charge in [0.2, 0.25) is 0 Å². The van der Waals surface area contributed by atoms with Gasteiger partial charge in [-0.3, -0.25) is 4.90 Å². The van der Waals surface area contributed by atoms with E-state index in [2.05, 4.69) is 26.4 Å². The lowest BCUT2D eigenvalue weighted by Gasteiger charge is -2.26. The Morgan fingerprint density at radius 1 is 1.35 bits per heavy atom. The van der Waals surface area contributed by atoms with E-state index in [1.807, 2.05) is 29.8 Å². The van der Waals surface area contributed by atoms with Crippen molar-refractivity contribution in [2.45, 2.75) is 25.8 Å². The summed E-state index contributed by atoms with van der Waals surface area (Å²) in [7, 11) is 0. The Hall–Kier alpha value is -2.34. The number of furan rings is 1. The average Bonchev–Trinajstić information content (AvgIpc) is 3.28. The summed E-state index contributed by atoms with van der Waals surface area (Å²) in [4.78, 5) is 6.96. The van der Waals surface area contributed by atoms with Gasteiger partial charge in [0.25, 0.3) is 0 Å². The lowest BCUT2D eigenvalue weighted by Crippen LogP contribution is -2.31. The molecule has 23 heavy (non-hydrogen) atoms. The van der Waals surface area contributed by atoms with Gasteiger partial charge >= 0.3 is 0 Å². The van der Waals surface area contributed by atoms with Gasteiger partial charge < -0.3 is 9.73 Å². The molecule has 0 bridgehead atoms. The molecule has 0 saturated carbocycles. The molecule has 1 aliphatic heterocycles. The normalized spacial score (nSPS) is 16.9. The van der Waals surface area contributed by atoms with Crippen molar-refractivity contribution < 1.29 is 4.42 Å². The van der Waals surface area contributed by atoms with Crippen LogP contribution in [0.5, 0.6) is 0 Å². The van der Waals surface area contributed by atoms with Gasteiger partial charge in [0, 0.05) is 18.9 Å². The minimum atomic E-state index is 0.235. The quantitative estimate of drug-likeness (QED) is 0.785. The largest absolute Gasteiger partial charge is 0.468 e. The highest BCUT2D eigenvalue weighted by Gasteiger charge is 2.25. The van der Waals surface area contributed by atoms with Crippen LogP contribution in [0.25, 0.3) is 5.52 Å². The lowest BCUT2D eigenvalue weighted by molar-refractivity contribution is 0.225. The number of aryl methyl sites for hydroxylation is 1. The second kappa shape index (κ2) is 6.04. The van der Waals surface area contributed by atoms with Gasteiger partial charge in [-0.1, -0.05) is 0 Å². The Labute approximate surface area is 135 Å². The third kappa shape index (κ3) is 2.82. The number of hydrogen-bond acceptors (Lipinski definition) is 5. The first kappa shape index (κ1) is 14.3. The fourth-order valence-electron chi connectivity index (χ4n) is 3.32. The van der Waals surface area contributed by atoms with E-state index in [0.717, 1.165) is 42.4 Å². The van der Waals surface area contributed by atoms with Gasteiger partial charge in [0.05, 0.1) is 18.0 Å². The Balaban J connectivity index is 1.57. The number of anilines is 1. The molecule has 0 amide bonds. The third-order valence-corrected chi connectivity index (χ3v) is 4.43. The summed E-state index contributed by atoms with van der Waals surface area (Å²) < 4.78 is 7.53. The molecule has 1 N–H and O–H groups in total. The first-order chi connectivity index (χ1) is 11.3. The monoisotopic (exact) mass is 311 g/mol. The van der Waals surface area contributed by atoms with Crippen LogP contribution in [0.15, 0.2) is 41.3 Å². The maximum atomic E-state index is 5.67. The molecular weight excluding hydrogens is 290 g/mol. The standard InChI is InChI=1S/C17H21N5O/c1-13-11-14-17(18-6-9-22(14)20-13)19-12-15(16-5-4-10-23-16)21-7-2-3-8-21/h4-6,9-11,15H,2-3,7-8,12H2,1H3,(H,18,19). The van der Waals surface area contributed by atoms with Gasteiger partial charge in [-0.05, 0) is 51.1 Å². The molecule has 4 heterocycles. The van der Waals surface area contributed by atoms with E-state index in [0.29, 0.717) is 0 Å². The molecule has 0 spiro atoms. The van der Waals surface area contributed by atoms with Gasteiger partial charge in [0.15, 0.2) is 5.82 Å². The summed E-state index contributed by atoms with van der Waals surface area (Å²) in [5, 5.41) is 7.93. The van der Waals surface area contributed by atoms with Crippen molar-refractivity contribution in [3.63, 3.8) is 0 Å². The molecule has 1 unspecified atom stereocenters. The van der Waals surface area contributed by atoms with E-state index in [4.69, 9.17) is 4.42 Å². The number of nitrogens with zero attached hydrogens (tertiary/aromatic N) is 4. The van der Waals surface area contributed by atoms with Crippen molar-refractivity contribution in [1.82, 2.24) is 19.5 Å². The Morgan fingerprint density at radius 3 is 3.00 bits per heavy atom. The molecule has 4 rings (SSSR count). The van der Waals surface area contributed by atoms with E-state index in [1.54, 1.807) is 12.5 Å². The number of fused-ring (bicyclic) bond motifs is 1. The molecule has 3 aromatic heterocycles. The first-order valence-corrected chi connectivity index (χ1v) is 8.13. The van der Waals surface area contributed by atoms with Crippen molar-refractivity contribution in [2.75, 3.05) is 25.0 Å². The summed E-state index contributed by atoms with van der Waals surface area (Å²) in [5.41, 5.74) is 1.99. The molecule has 1 atom stereocenters. The molecule has 0 aliphatic carbocycles. The van der Waals surface area contributed by atoms with Gasteiger partial charge in [-0.15, -0.1) is 0 Å². The average molecular weight is 311 g/mol. The number of nitrogens with one attached hydrogen (secondary N) is 1. The highest BCUT2D eigenvalue weighted by Crippen LogP contribution is 2.26. The summed E-state index contributed by atoms with van der Waals surface area (Å²) in [6.45, 7) is 5.00. The van der Waals surface area contributed by atoms with Crippen molar-refractivity contribution in [3.05, 3.63) is 48.3 Å². The summed E-state index contributed by atoms with van der Waals surface area (Å²) >= 11 is 0. The van der Waals surface area contributed by atoms with Crippen LogP contribution >= 0.6 is 0 Å². The molecular formula is C17H21N5O. The minimum absolute atomic E-state index is 0.235. The van der Waals surface area contributed by atoms with E-state index >= 15 is 0 Å². The lowest BCUT2D eigenvalue weighted by atomic mass is 10.2. The van der Waals surface area contributed by atoms with E-state index in [9.17, 15) is 0 Å². The van der Waals surface area contributed by atoms with Crippen LogP contribution in [0.1, 0.15) is 30.3 Å². The maximum Gasteiger partial charge on any atom is 0.152 e. The van der Waals surface area contributed by atoms with Crippen molar-refractivity contribution in [2.24, 2.45) is 0 Å². The molecule has 3 aromatic rings. The van der Waals surface area contributed by atoms with Crippen molar-refractivity contribution >= 4 is 11.3 Å². The van der Waals surface area contributed by atoms with E-state index in [1.165, 1.54) is 12.8 Å². The molecule has 6 nitrogen and oxygen atoms in total. The topological polar surface area (TPSA) is 58.6 Å². The van der Waals surface area contributed by atoms with E-state index < -0.39 is 0 Å². The van der Waals surface area contributed by atoms with Crippen LogP contribution in [0.4, 0.5) is 5.82 Å². The summed E-state index contributed by atoms with van der Waals surface area (Å²) in [5.74, 6) is 1.87. The van der Waals surface area contributed by atoms with Crippen LogP contribution in [-0.2, 0) is 0 Å². The predicted octanol–water partition coefficient (Wildman–Crippen LogP) is 2.88. The minimum Gasteiger partial charge on any atom is -0.468 e. The molecule has 1 saturated heterocycles. The zero-order valence-electron chi connectivity index (χ0n) is 13.3. The molecule has 0 radical (unpaired) electrons. The fraction of sp³-hybridized carbons (Fsp3) is 0.412. The smallest absolute Gasteiger partial charge is 0.152 e. The number of likely N-dealkylation sites (tertiary alicyclic amines) is 1. The van der Waals surface area contributed by atoms with Gasteiger partial charge in [-0.25, -0.2) is 9.50 Å².